The van der Waals surface area contributed by atoms with Gasteiger partial charge in [-0.05, 0) is 18.2 Å². The number of methoxy groups -OCH3 is 1. The Labute approximate surface area is 119 Å². The summed E-state index contributed by atoms with van der Waals surface area (Å²) in [5.74, 6) is -0.0463. The molecule has 106 valence electrons. The number of hydrogen-bond donors (Lipinski definition) is 1. The molecule has 0 fully saturated rings. The highest BCUT2D eigenvalue weighted by Gasteiger charge is 2.09. The van der Waals surface area contributed by atoms with Crippen LogP contribution in [-0.2, 0) is 6.54 Å². The summed E-state index contributed by atoms with van der Waals surface area (Å²) in [5, 5.41) is 3.27. The second-order valence-corrected chi connectivity index (χ2v) is 4.70. The summed E-state index contributed by atoms with van der Waals surface area (Å²) in [7, 11) is 5.43. The first-order valence-corrected chi connectivity index (χ1v) is 6.45. The van der Waals surface area contributed by atoms with Gasteiger partial charge in [0, 0.05) is 26.2 Å². The van der Waals surface area contributed by atoms with E-state index in [4.69, 9.17) is 4.74 Å². The Balaban J connectivity index is 2.17. The van der Waals surface area contributed by atoms with Crippen LogP contribution < -0.4 is 15.0 Å². The molecule has 0 amide bonds. The Bertz CT molecular complexity index is 584. The quantitative estimate of drug-likeness (QED) is 0.903. The third-order valence-electron chi connectivity index (χ3n) is 3.12. The Morgan fingerprint density at radius 1 is 1.10 bits per heavy atom. The molecule has 0 bridgehead atoms. The minimum Gasteiger partial charge on any atom is -0.494 e. The number of nitrogens with one attached hydrogen (secondary N) is 1. The lowest BCUT2D eigenvalue weighted by Crippen LogP contribution is -2.12. The van der Waals surface area contributed by atoms with Crippen molar-refractivity contribution in [2.45, 2.75) is 6.54 Å². The topological polar surface area (TPSA) is 24.5 Å². The van der Waals surface area contributed by atoms with E-state index in [0.717, 1.165) is 11.4 Å². The summed E-state index contributed by atoms with van der Waals surface area (Å²) in [5.41, 5.74) is 2.62. The van der Waals surface area contributed by atoms with Crippen LogP contribution in [0.1, 0.15) is 5.56 Å². The maximum atomic E-state index is 14.1. The Morgan fingerprint density at radius 3 is 2.55 bits per heavy atom. The molecule has 0 aliphatic carbocycles. The summed E-state index contributed by atoms with van der Waals surface area (Å²) in [6.07, 6.45) is 0. The second-order valence-electron chi connectivity index (χ2n) is 4.70. The first-order valence-electron chi connectivity index (χ1n) is 6.45. The monoisotopic (exact) mass is 274 g/mol. The second kappa shape index (κ2) is 6.28. The highest BCUT2D eigenvalue weighted by molar-refractivity contribution is 5.69. The Morgan fingerprint density at radius 2 is 1.85 bits per heavy atom. The lowest BCUT2D eigenvalue weighted by Gasteiger charge is -2.18. The minimum atomic E-state index is -0.315. The van der Waals surface area contributed by atoms with Gasteiger partial charge >= 0.3 is 0 Å². The summed E-state index contributed by atoms with van der Waals surface area (Å²) < 4.78 is 19.0. The molecule has 2 aromatic rings. The lowest BCUT2D eigenvalue weighted by molar-refractivity contribution is 0.384. The van der Waals surface area contributed by atoms with Crippen LogP contribution in [0.25, 0.3) is 0 Å². The largest absolute Gasteiger partial charge is 0.494 e. The molecule has 4 heteroatoms. The van der Waals surface area contributed by atoms with Gasteiger partial charge in [0.15, 0.2) is 11.6 Å². The third-order valence-corrected chi connectivity index (χ3v) is 3.12. The Hall–Kier alpha value is -2.23. The molecule has 20 heavy (non-hydrogen) atoms. The average Bonchev–Trinajstić information content (AvgIpc) is 2.46. The average molecular weight is 274 g/mol. The highest BCUT2D eigenvalue weighted by atomic mass is 19.1. The molecule has 0 atom stereocenters. The van der Waals surface area contributed by atoms with E-state index in [1.807, 2.05) is 43.3 Å². The van der Waals surface area contributed by atoms with E-state index in [0.29, 0.717) is 12.1 Å². The number of benzene rings is 2. The van der Waals surface area contributed by atoms with Crippen LogP contribution in [0.5, 0.6) is 5.75 Å². The van der Waals surface area contributed by atoms with E-state index >= 15 is 0 Å². The zero-order valence-electron chi connectivity index (χ0n) is 12.0. The normalized spacial score (nSPS) is 10.2. The van der Waals surface area contributed by atoms with Crippen LogP contribution >= 0.6 is 0 Å². The van der Waals surface area contributed by atoms with Crippen LogP contribution in [0.2, 0.25) is 0 Å². The smallest absolute Gasteiger partial charge is 0.170 e. The molecule has 2 rings (SSSR count). The van der Waals surface area contributed by atoms with E-state index in [2.05, 4.69) is 5.32 Å². The highest BCUT2D eigenvalue weighted by Crippen LogP contribution is 2.25. The summed E-state index contributed by atoms with van der Waals surface area (Å²) in [4.78, 5) is 2.02. The van der Waals surface area contributed by atoms with Crippen molar-refractivity contribution in [2.75, 3.05) is 31.4 Å². The SMILES string of the molecule is COc1cccc(CNc2ccccc2N(C)C)c1F. The van der Waals surface area contributed by atoms with Crippen molar-refractivity contribution in [2.24, 2.45) is 0 Å². The number of anilines is 2. The van der Waals surface area contributed by atoms with E-state index in [1.54, 1.807) is 18.2 Å². The minimum absolute atomic E-state index is 0.269. The van der Waals surface area contributed by atoms with Gasteiger partial charge in [0.05, 0.1) is 18.5 Å². The molecular weight excluding hydrogens is 255 g/mol. The predicted octanol–water partition coefficient (Wildman–Crippen LogP) is 3.51. The zero-order valence-corrected chi connectivity index (χ0v) is 12.0. The van der Waals surface area contributed by atoms with Gasteiger partial charge in [-0.2, -0.15) is 0 Å². The number of ether oxygens (including phenoxy) is 1. The fourth-order valence-corrected chi connectivity index (χ4v) is 2.05. The molecule has 2 aromatic carbocycles. The van der Waals surface area contributed by atoms with Crippen LogP contribution in [-0.4, -0.2) is 21.2 Å². The summed E-state index contributed by atoms with van der Waals surface area (Å²) in [6.45, 7) is 0.411. The molecule has 0 unspecified atom stereocenters. The maximum Gasteiger partial charge on any atom is 0.170 e. The fraction of sp³-hybridized carbons (Fsp3) is 0.250. The fourth-order valence-electron chi connectivity index (χ4n) is 2.05. The molecule has 0 saturated carbocycles. The molecular formula is C16H19FN2O. The third kappa shape index (κ3) is 3.02. The van der Waals surface area contributed by atoms with Crippen molar-refractivity contribution in [3.8, 4) is 5.75 Å². The molecule has 0 aliphatic rings. The molecule has 0 saturated heterocycles. The molecule has 0 aromatic heterocycles. The van der Waals surface area contributed by atoms with Crippen molar-refractivity contribution >= 4 is 11.4 Å². The van der Waals surface area contributed by atoms with E-state index < -0.39 is 0 Å². The van der Waals surface area contributed by atoms with Gasteiger partial charge in [-0.3, -0.25) is 0 Å². The molecule has 0 radical (unpaired) electrons. The number of rotatable bonds is 5. The van der Waals surface area contributed by atoms with Crippen LogP contribution in [0.3, 0.4) is 0 Å². The van der Waals surface area contributed by atoms with Crippen LogP contribution in [0.15, 0.2) is 42.5 Å². The summed E-state index contributed by atoms with van der Waals surface area (Å²) >= 11 is 0. The Kier molecular flexibility index (Phi) is 4.45. The lowest BCUT2D eigenvalue weighted by atomic mass is 10.2. The first-order chi connectivity index (χ1) is 9.63. The van der Waals surface area contributed by atoms with Gasteiger partial charge in [0.1, 0.15) is 0 Å². The number of nitrogens with zero attached hydrogens (tertiary/aromatic N) is 1. The van der Waals surface area contributed by atoms with Crippen molar-refractivity contribution in [3.05, 3.63) is 53.8 Å². The molecule has 1 N–H and O–H groups in total. The maximum absolute atomic E-state index is 14.1. The van der Waals surface area contributed by atoms with Gasteiger partial charge in [-0.1, -0.05) is 24.3 Å². The van der Waals surface area contributed by atoms with Crippen LogP contribution in [0.4, 0.5) is 15.8 Å². The van der Waals surface area contributed by atoms with Crippen molar-refractivity contribution < 1.29 is 9.13 Å². The van der Waals surface area contributed by atoms with Crippen molar-refractivity contribution in [1.82, 2.24) is 0 Å². The van der Waals surface area contributed by atoms with Crippen LogP contribution in [0, 0.1) is 5.82 Å². The number of hydrogen-bond acceptors (Lipinski definition) is 3. The zero-order chi connectivity index (χ0) is 14.5. The van der Waals surface area contributed by atoms with Gasteiger partial charge in [-0.25, -0.2) is 4.39 Å². The van der Waals surface area contributed by atoms with E-state index in [1.165, 1.54) is 7.11 Å². The van der Waals surface area contributed by atoms with Crippen molar-refractivity contribution in [1.29, 1.82) is 0 Å². The van der Waals surface area contributed by atoms with E-state index in [9.17, 15) is 4.39 Å². The van der Waals surface area contributed by atoms with Gasteiger partial charge < -0.3 is 15.0 Å². The number of halogens is 1. The molecule has 0 heterocycles. The molecule has 0 spiro atoms. The van der Waals surface area contributed by atoms with Gasteiger partial charge in [0.25, 0.3) is 0 Å². The predicted molar refractivity (Wildman–Crippen MR) is 81.0 cm³/mol. The van der Waals surface area contributed by atoms with Gasteiger partial charge in [-0.15, -0.1) is 0 Å². The number of para-hydroxylation sites is 2. The first kappa shape index (κ1) is 14.2. The van der Waals surface area contributed by atoms with Crippen molar-refractivity contribution in [3.63, 3.8) is 0 Å². The van der Waals surface area contributed by atoms with E-state index in [-0.39, 0.29) is 11.6 Å². The molecule has 3 nitrogen and oxygen atoms in total. The molecule has 0 aliphatic heterocycles. The van der Waals surface area contributed by atoms with Gasteiger partial charge in [0.2, 0.25) is 0 Å². The standard InChI is InChI=1S/C16H19FN2O/c1-19(2)14-9-5-4-8-13(14)18-11-12-7-6-10-15(20-3)16(12)17/h4-10,18H,11H2,1-3H3. The summed E-state index contributed by atoms with van der Waals surface area (Å²) in [6, 6.07) is 13.1.